The molecule has 1 saturated heterocycles. The van der Waals surface area contributed by atoms with E-state index in [-0.39, 0.29) is 0 Å². The number of hydrogen-bond donors (Lipinski definition) is 1. The van der Waals surface area contributed by atoms with Gasteiger partial charge in [-0.2, -0.15) is 5.10 Å². The number of rotatable bonds is 7. The molecule has 3 heterocycles. The molecule has 9 heteroatoms. The SMILES string of the molecule is COc1cc(N2CCN(C)CC2)ccc1-c1cnc(N)cc1-c1ccnn1-c1cccc(OC=O)c1. The van der Waals surface area contributed by atoms with Crippen LogP contribution >= 0.6 is 0 Å². The van der Waals surface area contributed by atoms with Gasteiger partial charge in [-0.25, -0.2) is 9.67 Å². The highest BCUT2D eigenvalue weighted by molar-refractivity contribution is 5.87. The molecule has 5 rings (SSSR count). The quantitative estimate of drug-likeness (QED) is 0.398. The van der Waals surface area contributed by atoms with E-state index in [0.29, 0.717) is 18.0 Å². The first-order chi connectivity index (χ1) is 17.6. The van der Waals surface area contributed by atoms with Crippen LogP contribution in [-0.2, 0) is 4.79 Å². The van der Waals surface area contributed by atoms with Crippen LogP contribution in [0.5, 0.6) is 11.5 Å². The Hall–Kier alpha value is -4.37. The second kappa shape index (κ2) is 10.1. The monoisotopic (exact) mass is 484 g/mol. The summed E-state index contributed by atoms with van der Waals surface area (Å²) in [6, 6.07) is 17.2. The molecule has 4 aromatic rings. The fourth-order valence-electron chi connectivity index (χ4n) is 4.52. The molecular formula is C27H28N6O3. The maximum atomic E-state index is 10.8. The summed E-state index contributed by atoms with van der Waals surface area (Å²) in [5, 5.41) is 4.52. The van der Waals surface area contributed by atoms with Crippen molar-refractivity contribution in [3.8, 4) is 39.6 Å². The minimum Gasteiger partial charge on any atom is -0.496 e. The molecule has 2 N–H and O–H groups in total. The molecule has 0 radical (unpaired) electrons. The highest BCUT2D eigenvalue weighted by Gasteiger charge is 2.20. The maximum absolute atomic E-state index is 10.8. The molecule has 0 bridgehead atoms. The van der Waals surface area contributed by atoms with Gasteiger partial charge in [-0.1, -0.05) is 6.07 Å². The molecule has 184 valence electrons. The van der Waals surface area contributed by atoms with Gasteiger partial charge >= 0.3 is 0 Å². The van der Waals surface area contributed by atoms with Crippen LogP contribution in [0.25, 0.3) is 28.1 Å². The third-order valence-corrected chi connectivity index (χ3v) is 6.43. The van der Waals surface area contributed by atoms with Crippen LogP contribution in [0.15, 0.2) is 67.0 Å². The van der Waals surface area contributed by atoms with Gasteiger partial charge in [-0.15, -0.1) is 0 Å². The van der Waals surface area contributed by atoms with Crippen molar-refractivity contribution in [2.24, 2.45) is 0 Å². The average molecular weight is 485 g/mol. The first-order valence-corrected chi connectivity index (χ1v) is 11.7. The normalized spacial score (nSPS) is 14.0. The third-order valence-electron chi connectivity index (χ3n) is 6.43. The standard InChI is InChI=1S/C27H28N6O3/c1-31-10-12-32(13-11-31)19-6-7-22(26(15-19)35-2)24-17-29-27(28)16-23(24)25-8-9-30-33(25)20-4-3-5-21(14-20)36-18-34/h3-9,14-18H,10-13H2,1-2H3,(H2,28,29). The highest BCUT2D eigenvalue weighted by atomic mass is 16.5. The summed E-state index contributed by atoms with van der Waals surface area (Å²) in [6.45, 7) is 4.40. The van der Waals surface area contributed by atoms with Gasteiger partial charge in [0.1, 0.15) is 17.3 Å². The minimum absolute atomic E-state index is 0.396. The van der Waals surface area contributed by atoms with Crippen LogP contribution in [-0.4, -0.2) is 66.5 Å². The first-order valence-electron chi connectivity index (χ1n) is 11.7. The van der Waals surface area contributed by atoms with Crippen molar-refractivity contribution in [3.63, 3.8) is 0 Å². The summed E-state index contributed by atoms with van der Waals surface area (Å²) in [5.41, 5.74) is 11.4. The topological polar surface area (TPSA) is 98.7 Å². The number of carbonyl (C=O) groups excluding carboxylic acids is 1. The van der Waals surface area contributed by atoms with E-state index >= 15 is 0 Å². The lowest BCUT2D eigenvalue weighted by Gasteiger charge is -2.34. The van der Waals surface area contributed by atoms with E-state index in [1.807, 2.05) is 24.3 Å². The van der Waals surface area contributed by atoms with E-state index in [4.69, 9.17) is 15.2 Å². The molecule has 0 amide bonds. The molecule has 9 nitrogen and oxygen atoms in total. The number of nitrogens with zero attached hydrogens (tertiary/aromatic N) is 5. The predicted octanol–water partition coefficient (Wildman–Crippen LogP) is 3.48. The number of carbonyl (C=O) groups is 1. The molecule has 1 aliphatic rings. The van der Waals surface area contributed by atoms with Gasteiger partial charge in [0.25, 0.3) is 6.47 Å². The van der Waals surface area contributed by atoms with Gasteiger partial charge in [0, 0.05) is 66.9 Å². The maximum Gasteiger partial charge on any atom is 0.298 e. The van der Waals surface area contributed by atoms with Crippen LogP contribution in [0, 0.1) is 0 Å². The number of methoxy groups -OCH3 is 1. The number of ether oxygens (including phenoxy) is 2. The van der Waals surface area contributed by atoms with E-state index in [0.717, 1.165) is 65.7 Å². The zero-order valence-corrected chi connectivity index (χ0v) is 20.3. The number of piperazine rings is 1. The summed E-state index contributed by atoms with van der Waals surface area (Å²) in [6.07, 6.45) is 3.48. The van der Waals surface area contributed by atoms with Crippen molar-refractivity contribution in [1.82, 2.24) is 19.7 Å². The molecule has 0 atom stereocenters. The van der Waals surface area contributed by atoms with Crippen molar-refractivity contribution in [1.29, 1.82) is 0 Å². The summed E-state index contributed by atoms with van der Waals surface area (Å²) < 4.78 is 12.6. The number of likely N-dealkylation sites (N-methyl/N-ethyl adjacent to an activating group) is 1. The predicted molar refractivity (Wildman–Crippen MR) is 140 cm³/mol. The Balaban J connectivity index is 1.58. The zero-order valence-electron chi connectivity index (χ0n) is 20.3. The lowest BCUT2D eigenvalue weighted by Crippen LogP contribution is -2.44. The van der Waals surface area contributed by atoms with Crippen LogP contribution in [0.2, 0.25) is 0 Å². The highest BCUT2D eigenvalue weighted by Crippen LogP contribution is 2.40. The van der Waals surface area contributed by atoms with E-state index in [1.54, 1.807) is 36.3 Å². The number of anilines is 2. The molecular weight excluding hydrogens is 456 g/mol. The second-order valence-corrected chi connectivity index (χ2v) is 8.67. The summed E-state index contributed by atoms with van der Waals surface area (Å²) in [4.78, 5) is 19.9. The Kier molecular flexibility index (Phi) is 6.55. The minimum atomic E-state index is 0.396. The zero-order chi connectivity index (χ0) is 25.1. The average Bonchev–Trinajstić information content (AvgIpc) is 3.39. The number of hydrogen-bond acceptors (Lipinski definition) is 8. The fourth-order valence-corrected chi connectivity index (χ4v) is 4.52. The van der Waals surface area contributed by atoms with E-state index in [9.17, 15) is 4.79 Å². The van der Waals surface area contributed by atoms with Crippen molar-refractivity contribution in [2.45, 2.75) is 0 Å². The summed E-state index contributed by atoms with van der Waals surface area (Å²) in [7, 11) is 3.83. The Morgan fingerprint density at radius 3 is 2.56 bits per heavy atom. The molecule has 0 spiro atoms. The van der Waals surface area contributed by atoms with Crippen molar-refractivity contribution < 1.29 is 14.3 Å². The molecule has 0 saturated carbocycles. The number of pyridine rings is 1. The molecule has 36 heavy (non-hydrogen) atoms. The first kappa shape index (κ1) is 23.4. The molecule has 0 unspecified atom stereocenters. The van der Waals surface area contributed by atoms with Gasteiger partial charge in [-0.05, 0) is 43.4 Å². The van der Waals surface area contributed by atoms with Crippen LogP contribution in [0.3, 0.4) is 0 Å². The van der Waals surface area contributed by atoms with Gasteiger partial charge < -0.3 is 25.0 Å². The van der Waals surface area contributed by atoms with E-state index in [1.165, 1.54) is 0 Å². The number of aromatic nitrogens is 3. The number of nitrogen functional groups attached to an aromatic ring is 1. The molecule has 1 aliphatic heterocycles. The largest absolute Gasteiger partial charge is 0.496 e. The van der Waals surface area contributed by atoms with Gasteiger partial charge in [0.2, 0.25) is 0 Å². The van der Waals surface area contributed by atoms with Crippen molar-refractivity contribution in [2.75, 3.05) is 51.0 Å². The van der Waals surface area contributed by atoms with E-state index < -0.39 is 0 Å². The Morgan fingerprint density at radius 2 is 1.78 bits per heavy atom. The molecule has 2 aromatic carbocycles. The van der Waals surface area contributed by atoms with Gasteiger partial charge in [-0.3, -0.25) is 4.79 Å². The molecule has 1 fully saturated rings. The van der Waals surface area contributed by atoms with Crippen molar-refractivity contribution >= 4 is 18.0 Å². The van der Waals surface area contributed by atoms with E-state index in [2.05, 4.69) is 45.1 Å². The Morgan fingerprint density at radius 1 is 0.944 bits per heavy atom. The second-order valence-electron chi connectivity index (χ2n) is 8.67. The Labute approximate surface area is 209 Å². The summed E-state index contributed by atoms with van der Waals surface area (Å²) >= 11 is 0. The third kappa shape index (κ3) is 4.60. The van der Waals surface area contributed by atoms with Crippen LogP contribution in [0.1, 0.15) is 0 Å². The fraction of sp³-hybridized carbons (Fsp3) is 0.222. The van der Waals surface area contributed by atoms with Crippen LogP contribution < -0.4 is 20.1 Å². The number of nitrogens with two attached hydrogens (primary N) is 1. The molecule has 2 aromatic heterocycles. The number of benzene rings is 2. The van der Waals surface area contributed by atoms with Gasteiger partial charge in [0.15, 0.2) is 0 Å². The van der Waals surface area contributed by atoms with Crippen molar-refractivity contribution in [3.05, 3.63) is 67.0 Å². The Bertz CT molecular complexity index is 1380. The molecule has 0 aliphatic carbocycles. The summed E-state index contributed by atoms with van der Waals surface area (Å²) in [5.74, 6) is 1.58. The van der Waals surface area contributed by atoms with Gasteiger partial charge in [0.05, 0.1) is 24.7 Å². The lowest BCUT2D eigenvalue weighted by atomic mass is 9.98. The van der Waals surface area contributed by atoms with Crippen LogP contribution in [0.4, 0.5) is 11.5 Å². The smallest absolute Gasteiger partial charge is 0.298 e. The lowest BCUT2D eigenvalue weighted by molar-refractivity contribution is -0.120.